The van der Waals surface area contributed by atoms with E-state index in [4.69, 9.17) is 18.9 Å². The van der Waals surface area contributed by atoms with Crippen LogP contribution in [0.2, 0.25) is 0 Å². The Hall–Kier alpha value is -2.70. The molecular formula is C28H36N2O4. The quantitative estimate of drug-likeness (QED) is 0.500. The van der Waals surface area contributed by atoms with Crippen LogP contribution in [0.3, 0.4) is 0 Å². The van der Waals surface area contributed by atoms with E-state index in [0.29, 0.717) is 12.0 Å². The topological polar surface area (TPSA) is 56.0 Å². The van der Waals surface area contributed by atoms with Crippen molar-refractivity contribution in [3.63, 3.8) is 0 Å². The van der Waals surface area contributed by atoms with E-state index in [1.165, 1.54) is 22.1 Å². The van der Waals surface area contributed by atoms with Crippen LogP contribution in [0.1, 0.15) is 42.0 Å². The third-order valence-electron chi connectivity index (χ3n) is 7.61. The van der Waals surface area contributed by atoms with Crippen molar-refractivity contribution in [3.05, 3.63) is 53.2 Å². The Bertz CT molecular complexity index is 1120. The summed E-state index contributed by atoms with van der Waals surface area (Å²) in [6, 6.07) is 11.0. The van der Waals surface area contributed by atoms with E-state index >= 15 is 0 Å². The van der Waals surface area contributed by atoms with Crippen molar-refractivity contribution in [1.82, 2.24) is 9.88 Å². The van der Waals surface area contributed by atoms with E-state index in [1.807, 2.05) is 6.07 Å². The summed E-state index contributed by atoms with van der Waals surface area (Å²) in [5.74, 6) is 3.24. The number of H-pyrrole nitrogens is 1. The molecule has 1 aromatic heterocycles. The van der Waals surface area contributed by atoms with E-state index in [0.717, 1.165) is 81.2 Å². The largest absolute Gasteiger partial charge is 0.497 e. The fraction of sp³-hybridized carbons (Fsp3) is 0.500. The van der Waals surface area contributed by atoms with Crippen LogP contribution >= 0.6 is 0 Å². The van der Waals surface area contributed by atoms with Crippen LogP contribution in [-0.2, 0) is 17.6 Å². The fourth-order valence-electron chi connectivity index (χ4n) is 5.68. The number of ether oxygens (including phenoxy) is 4. The molecule has 1 saturated heterocycles. The molecule has 6 heteroatoms. The zero-order valence-electron chi connectivity index (χ0n) is 20.6. The summed E-state index contributed by atoms with van der Waals surface area (Å²) >= 11 is 0. The third-order valence-corrected chi connectivity index (χ3v) is 7.61. The summed E-state index contributed by atoms with van der Waals surface area (Å²) < 4.78 is 22.4. The zero-order chi connectivity index (χ0) is 23.5. The van der Waals surface area contributed by atoms with Gasteiger partial charge < -0.3 is 23.9 Å². The van der Waals surface area contributed by atoms with Crippen molar-refractivity contribution in [2.75, 3.05) is 47.6 Å². The van der Waals surface area contributed by atoms with E-state index in [2.05, 4.69) is 40.3 Å². The summed E-state index contributed by atoms with van der Waals surface area (Å²) in [6.07, 6.45) is 7.56. The molecule has 0 amide bonds. The number of hydrogen-bond donors (Lipinski definition) is 1. The summed E-state index contributed by atoms with van der Waals surface area (Å²) in [7, 11) is 5.16. The number of benzene rings is 2. The monoisotopic (exact) mass is 464 g/mol. The molecule has 0 bridgehead atoms. The molecule has 1 unspecified atom stereocenters. The number of hydrogen-bond acceptors (Lipinski definition) is 5. The highest BCUT2D eigenvalue weighted by molar-refractivity contribution is 5.84. The molecule has 0 spiro atoms. The number of rotatable bonds is 8. The van der Waals surface area contributed by atoms with Gasteiger partial charge in [0.2, 0.25) is 0 Å². The third kappa shape index (κ3) is 4.62. The molecule has 1 N–H and O–H groups in total. The zero-order valence-corrected chi connectivity index (χ0v) is 20.6. The van der Waals surface area contributed by atoms with Crippen LogP contribution in [0.25, 0.3) is 10.9 Å². The molecule has 5 rings (SSSR count). The number of methoxy groups -OCH3 is 3. The lowest BCUT2D eigenvalue weighted by Gasteiger charge is -2.40. The van der Waals surface area contributed by atoms with Crippen LogP contribution in [0.5, 0.6) is 17.2 Å². The van der Waals surface area contributed by atoms with Gasteiger partial charge in [-0.25, -0.2) is 0 Å². The van der Waals surface area contributed by atoms with Gasteiger partial charge in [-0.15, -0.1) is 0 Å². The Morgan fingerprint density at radius 3 is 2.56 bits per heavy atom. The van der Waals surface area contributed by atoms with Crippen LogP contribution < -0.4 is 14.2 Å². The van der Waals surface area contributed by atoms with Gasteiger partial charge in [-0.1, -0.05) is 0 Å². The van der Waals surface area contributed by atoms with Gasteiger partial charge in [0, 0.05) is 49.4 Å². The Labute approximate surface area is 202 Å². The molecule has 0 aliphatic carbocycles. The number of aryl methyl sites for hydroxylation is 1. The minimum absolute atomic E-state index is 0.349. The fourth-order valence-corrected chi connectivity index (χ4v) is 5.68. The average Bonchev–Trinajstić information content (AvgIpc) is 3.29. The second kappa shape index (κ2) is 10.3. The van der Waals surface area contributed by atoms with Crippen molar-refractivity contribution >= 4 is 10.9 Å². The molecule has 182 valence electrons. The van der Waals surface area contributed by atoms with Gasteiger partial charge in [-0.3, -0.25) is 4.90 Å². The first-order chi connectivity index (χ1) is 16.7. The molecule has 3 aromatic rings. The second-order valence-electron chi connectivity index (χ2n) is 9.49. The van der Waals surface area contributed by atoms with Gasteiger partial charge >= 0.3 is 0 Å². The SMILES string of the molecule is COc1ccc2[nH]cc(CCC3c4cc(OC)c(OC)cc4CCN3CC3CCOCC3)c2c1. The first-order valence-corrected chi connectivity index (χ1v) is 12.4. The molecular weight excluding hydrogens is 428 g/mol. The lowest BCUT2D eigenvalue weighted by molar-refractivity contribution is 0.0423. The standard InChI is InChI=1S/C28H36N2O4/c1-31-22-5-6-25-23(15-22)21(17-29-25)4-7-26-24-16-28(33-3)27(32-2)14-20(24)8-11-30(26)18-19-9-12-34-13-10-19/h5-6,14-17,19,26,29H,4,7-13,18H2,1-3H3. The normalized spacial score (nSPS) is 19.2. The molecule has 34 heavy (non-hydrogen) atoms. The number of fused-ring (bicyclic) bond motifs is 2. The maximum atomic E-state index is 5.69. The first kappa shape index (κ1) is 23.1. The van der Waals surface area contributed by atoms with Gasteiger partial charge in [0.1, 0.15) is 5.75 Å². The Balaban J connectivity index is 1.44. The van der Waals surface area contributed by atoms with E-state index < -0.39 is 0 Å². The highest BCUT2D eigenvalue weighted by Gasteiger charge is 2.31. The predicted molar refractivity (Wildman–Crippen MR) is 134 cm³/mol. The molecule has 3 heterocycles. The maximum Gasteiger partial charge on any atom is 0.161 e. The number of nitrogens with zero attached hydrogens (tertiary/aromatic N) is 1. The molecule has 6 nitrogen and oxygen atoms in total. The van der Waals surface area contributed by atoms with Crippen molar-refractivity contribution in [3.8, 4) is 17.2 Å². The Kier molecular flexibility index (Phi) is 6.97. The lowest BCUT2D eigenvalue weighted by atomic mass is 9.87. The average molecular weight is 465 g/mol. The van der Waals surface area contributed by atoms with Crippen molar-refractivity contribution in [2.45, 2.75) is 38.1 Å². The van der Waals surface area contributed by atoms with Gasteiger partial charge in [-0.05, 0) is 85.0 Å². The van der Waals surface area contributed by atoms with Gasteiger partial charge in [0.05, 0.1) is 21.3 Å². The van der Waals surface area contributed by atoms with Crippen LogP contribution in [-0.4, -0.2) is 57.5 Å². The van der Waals surface area contributed by atoms with Gasteiger partial charge in [0.25, 0.3) is 0 Å². The highest BCUT2D eigenvalue weighted by Crippen LogP contribution is 2.41. The lowest BCUT2D eigenvalue weighted by Crippen LogP contribution is -2.40. The number of aromatic nitrogens is 1. The summed E-state index contributed by atoms with van der Waals surface area (Å²) in [6.45, 7) is 3.99. The molecule has 0 saturated carbocycles. The van der Waals surface area contributed by atoms with Crippen LogP contribution in [0.4, 0.5) is 0 Å². The summed E-state index contributed by atoms with van der Waals surface area (Å²) in [4.78, 5) is 6.15. The molecule has 0 radical (unpaired) electrons. The first-order valence-electron chi connectivity index (χ1n) is 12.4. The van der Waals surface area contributed by atoms with Gasteiger partial charge in [0.15, 0.2) is 11.5 Å². The Morgan fingerprint density at radius 2 is 1.79 bits per heavy atom. The van der Waals surface area contributed by atoms with Crippen molar-refractivity contribution in [2.24, 2.45) is 5.92 Å². The number of nitrogens with one attached hydrogen (secondary N) is 1. The molecule has 2 aromatic carbocycles. The van der Waals surface area contributed by atoms with Crippen LogP contribution in [0, 0.1) is 5.92 Å². The van der Waals surface area contributed by atoms with Crippen LogP contribution in [0.15, 0.2) is 36.5 Å². The minimum Gasteiger partial charge on any atom is -0.497 e. The molecule has 1 atom stereocenters. The van der Waals surface area contributed by atoms with Gasteiger partial charge in [-0.2, -0.15) is 0 Å². The predicted octanol–water partition coefficient (Wildman–Crippen LogP) is 5.15. The molecule has 2 aliphatic rings. The number of aromatic amines is 1. The highest BCUT2D eigenvalue weighted by atomic mass is 16.5. The summed E-state index contributed by atoms with van der Waals surface area (Å²) in [5, 5.41) is 1.25. The second-order valence-corrected chi connectivity index (χ2v) is 9.49. The van der Waals surface area contributed by atoms with Crippen molar-refractivity contribution < 1.29 is 18.9 Å². The summed E-state index contributed by atoms with van der Waals surface area (Å²) in [5.41, 5.74) is 5.26. The molecule has 1 fully saturated rings. The minimum atomic E-state index is 0.349. The van der Waals surface area contributed by atoms with Crippen molar-refractivity contribution in [1.29, 1.82) is 0 Å². The van der Waals surface area contributed by atoms with E-state index in [9.17, 15) is 0 Å². The molecule has 2 aliphatic heterocycles. The smallest absolute Gasteiger partial charge is 0.161 e. The Morgan fingerprint density at radius 1 is 1.00 bits per heavy atom. The van der Waals surface area contributed by atoms with E-state index in [-0.39, 0.29) is 0 Å². The van der Waals surface area contributed by atoms with E-state index in [1.54, 1.807) is 21.3 Å². The maximum absolute atomic E-state index is 5.69.